The lowest BCUT2D eigenvalue weighted by Crippen LogP contribution is -2.44. The summed E-state index contributed by atoms with van der Waals surface area (Å²) in [6.07, 6.45) is -3.76. The molecule has 0 spiro atoms. The number of nitrogens with zero attached hydrogens (tertiary/aromatic N) is 1. The van der Waals surface area contributed by atoms with Gasteiger partial charge in [-0.3, -0.25) is 9.78 Å². The van der Waals surface area contributed by atoms with E-state index in [9.17, 15) is 23.1 Å². The van der Waals surface area contributed by atoms with Crippen molar-refractivity contribution in [2.24, 2.45) is 0 Å². The van der Waals surface area contributed by atoms with E-state index in [2.05, 4.69) is 10.3 Å². The highest BCUT2D eigenvalue weighted by molar-refractivity contribution is 5.92. The summed E-state index contributed by atoms with van der Waals surface area (Å²) in [5, 5.41) is 12.3. The van der Waals surface area contributed by atoms with E-state index < -0.39 is 29.9 Å². The van der Waals surface area contributed by atoms with Crippen molar-refractivity contribution in [3.05, 3.63) is 42.1 Å². The van der Waals surface area contributed by atoms with Crippen LogP contribution >= 0.6 is 0 Å². The fourth-order valence-electron chi connectivity index (χ4n) is 2.06. The van der Waals surface area contributed by atoms with E-state index in [0.717, 1.165) is 6.07 Å². The molecule has 0 aliphatic carbocycles. The minimum atomic E-state index is -5.10. The van der Waals surface area contributed by atoms with Crippen molar-refractivity contribution >= 4 is 11.6 Å². The average Bonchev–Trinajstić information content (AvgIpc) is 2.93. The number of methoxy groups -OCH3 is 1. The number of pyridine rings is 1. The molecule has 0 fully saturated rings. The van der Waals surface area contributed by atoms with Crippen molar-refractivity contribution in [2.45, 2.75) is 25.1 Å². The molecule has 1 atom stereocenters. The van der Waals surface area contributed by atoms with Gasteiger partial charge >= 0.3 is 6.18 Å². The fourth-order valence-corrected chi connectivity index (χ4v) is 2.06. The zero-order valence-corrected chi connectivity index (χ0v) is 12.8. The highest BCUT2D eigenvalue weighted by atomic mass is 19.4. The molecular weight excluding hydrogens is 329 g/mol. The number of aryl methyl sites for hydroxylation is 1. The summed E-state index contributed by atoms with van der Waals surface area (Å²) < 4.78 is 49.8. The molecule has 2 N–H and O–H groups in total. The number of aliphatic hydroxyl groups is 1. The van der Waals surface area contributed by atoms with Crippen molar-refractivity contribution in [2.75, 3.05) is 12.4 Å². The second-order valence-corrected chi connectivity index (χ2v) is 5.07. The van der Waals surface area contributed by atoms with Crippen LogP contribution in [-0.2, 0) is 10.4 Å². The van der Waals surface area contributed by atoms with Gasteiger partial charge in [0.1, 0.15) is 23.0 Å². The molecule has 1 unspecified atom stereocenters. The van der Waals surface area contributed by atoms with Crippen LogP contribution in [0.15, 0.2) is 35.0 Å². The Bertz CT molecular complexity index is 730. The number of anilines is 1. The molecule has 0 radical (unpaired) electrons. The number of ether oxygens (including phenoxy) is 1. The summed E-state index contributed by atoms with van der Waals surface area (Å²) >= 11 is 0. The molecule has 0 aliphatic heterocycles. The minimum Gasteiger partial charge on any atom is -0.494 e. The number of furan rings is 1. The molecule has 0 saturated heterocycles. The smallest absolute Gasteiger partial charge is 0.425 e. The minimum absolute atomic E-state index is 0.0881. The van der Waals surface area contributed by atoms with Crippen molar-refractivity contribution < 1.29 is 32.2 Å². The Labute approximate surface area is 135 Å². The van der Waals surface area contributed by atoms with Crippen LogP contribution < -0.4 is 10.1 Å². The number of rotatable bonds is 5. The molecule has 0 aliphatic rings. The van der Waals surface area contributed by atoms with Gasteiger partial charge in [0.05, 0.1) is 19.7 Å². The number of carbonyl (C=O) groups is 1. The molecule has 1 amide bonds. The fraction of sp³-hybridized carbons (Fsp3) is 0.333. The third kappa shape index (κ3) is 3.51. The second-order valence-electron chi connectivity index (χ2n) is 5.07. The normalized spacial score (nSPS) is 14.1. The third-order valence-corrected chi connectivity index (χ3v) is 3.31. The molecule has 2 aromatic heterocycles. The average molecular weight is 344 g/mol. The van der Waals surface area contributed by atoms with Gasteiger partial charge in [-0.15, -0.1) is 0 Å². The SMILES string of the molecule is COc1ccncc1NC(=O)CC(O)(c1ccc(C)o1)C(F)(F)F. The molecule has 6 nitrogen and oxygen atoms in total. The van der Waals surface area contributed by atoms with Gasteiger partial charge in [0.15, 0.2) is 0 Å². The molecule has 130 valence electrons. The van der Waals surface area contributed by atoms with Gasteiger partial charge in [0, 0.05) is 12.3 Å². The molecule has 2 heterocycles. The first-order chi connectivity index (χ1) is 11.2. The van der Waals surface area contributed by atoms with Crippen molar-refractivity contribution in [3.8, 4) is 5.75 Å². The van der Waals surface area contributed by atoms with Gasteiger partial charge in [-0.05, 0) is 19.1 Å². The molecule has 2 aromatic rings. The van der Waals surface area contributed by atoms with Gasteiger partial charge in [0.2, 0.25) is 11.5 Å². The van der Waals surface area contributed by atoms with E-state index in [1.54, 1.807) is 0 Å². The number of halogens is 3. The van der Waals surface area contributed by atoms with Gasteiger partial charge in [0.25, 0.3) is 0 Å². The first-order valence-corrected chi connectivity index (χ1v) is 6.81. The number of aromatic nitrogens is 1. The molecule has 0 aromatic carbocycles. The Morgan fingerprint density at radius 3 is 2.62 bits per heavy atom. The Morgan fingerprint density at radius 1 is 1.38 bits per heavy atom. The predicted molar refractivity (Wildman–Crippen MR) is 77.4 cm³/mol. The first-order valence-electron chi connectivity index (χ1n) is 6.81. The van der Waals surface area contributed by atoms with E-state index in [1.807, 2.05) is 0 Å². The lowest BCUT2D eigenvalue weighted by atomic mass is 9.95. The van der Waals surface area contributed by atoms with Crippen LogP contribution in [0.5, 0.6) is 5.75 Å². The topological polar surface area (TPSA) is 84.6 Å². The number of carbonyl (C=O) groups excluding carboxylic acids is 1. The lowest BCUT2D eigenvalue weighted by Gasteiger charge is -2.28. The van der Waals surface area contributed by atoms with Crippen LogP contribution in [0.25, 0.3) is 0 Å². The summed E-state index contributed by atoms with van der Waals surface area (Å²) in [6, 6.07) is 3.69. The maximum atomic E-state index is 13.3. The van der Waals surface area contributed by atoms with Gasteiger partial charge in [-0.2, -0.15) is 13.2 Å². The van der Waals surface area contributed by atoms with E-state index in [-0.39, 0.29) is 17.2 Å². The van der Waals surface area contributed by atoms with Crippen LogP contribution in [0.2, 0.25) is 0 Å². The van der Waals surface area contributed by atoms with Crippen LogP contribution in [0.4, 0.5) is 18.9 Å². The zero-order chi connectivity index (χ0) is 18.0. The Balaban J connectivity index is 2.26. The molecule has 2 rings (SSSR count). The highest BCUT2D eigenvalue weighted by Crippen LogP contribution is 2.42. The van der Waals surface area contributed by atoms with E-state index >= 15 is 0 Å². The Hall–Kier alpha value is -2.55. The highest BCUT2D eigenvalue weighted by Gasteiger charge is 2.58. The summed E-state index contributed by atoms with van der Waals surface area (Å²) in [6.45, 7) is 1.43. The lowest BCUT2D eigenvalue weighted by molar-refractivity contribution is -0.272. The predicted octanol–water partition coefficient (Wildman–Crippen LogP) is 2.77. The molecule has 0 saturated carbocycles. The number of hydrogen-bond donors (Lipinski definition) is 2. The van der Waals surface area contributed by atoms with Crippen LogP contribution in [0.1, 0.15) is 17.9 Å². The largest absolute Gasteiger partial charge is 0.494 e. The maximum absolute atomic E-state index is 13.3. The zero-order valence-electron chi connectivity index (χ0n) is 12.8. The van der Waals surface area contributed by atoms with E-state index in [4.69, 9.17) is 9.15 Å². The van der Waals surface area contributed by atoms with E-state index in [0.29, 0.717) is 0 Å². The van der Waals surface area contributed by atoms with Crippen LogP contribution in [0, 0.1) is 6.92 Å². The number of alkyl halides is 3. The Morgan fingerprint density at radius 2 is 2.08 bits per heavy atom. The number of hydrogen-bond acceptors (Lipinski definition) is 5. The van der Waals surface area contributed by atoms with Crippen molar-refractivity contribution in [1.82, 2.24) is 4.98 Å². The summed E-state index contributed by atoms with van der Waals surface area (Å²) in [5.74, 6) is -1.42. The molecule has 9 heteroatoms. The molecule has 0 bridgehead atoms. The molecule has 24 heavy (non-hydrogen) atoms. The van der Waals surface area contributed by atoms with Gasteiger partial charge in [-0.1, -0.05) is 0 Å². The standard InChI is InChI=1S/C15H15F3N2O4/c1-9-3-4-12(24-9)14(22,15(16,17)18)7-13(21)20-10-8-19-6-5-11(10)23-2/h3-6,8,22H,7H2,1-2H3,(H,20,21). The van der Waals surface area contributed by atoms with Gasteiger partial charge < -0.3 is 19.6 Å². The first kappa shape index (κ1) is 17.8. The monoisotopic (exact) mass is 344 g/mol. The quantitative estimate of drug-likeness (QED) is 0.871. The Kier molecular flexibility index (Phi) is 4.83. The third-order valence-electron chi connectivity index (χ3n) is 3.31. The van der Waals surface area contributed by atoms with E-state index in [1.165, 1.54) is 38.6 Å². The van der Waals surface area contributed by atoms with Gasteiger partial charge in [-0.25, -0.2) is 0 Å². The summed E-state index contributed by atoms with van der Waals surface area (Å²) in [7, 11) is 1.34. The number of amides is 1. The van der Waals surface area contributed by atoms with Crippen LogP contribution in [0.3, 0.4) is 0 Å². The van der Waals surface area contributed by atoms with Crippen molar-refractivity contribution in [1.29, 1.82) is 0 Å². The van der Waals surface area contributed by atoms with Crippen molar-refractivity contribution in [3.63, 3.8) is 0 Å². The second kappa shape index (κ2) is 6.52. The summed E-state index contributed by atoms with van der Waals surface area (Å²) in [4.78, 5) is 15.8. The maximum Gasteiger partial charge on any atom is 0.425 e. The molecular formula is C15H15F3N2O4. The van der Waals surface area contributed by atoms with Crippen LogP contribution in [-0.4, -0.2) is 29.3 Å². The number of nitrogens with one attached hydrogen (secondary N) is 1. The summed E-state index contributed by atoms with van der Waals surface area (Å²) in [5.41, 5.74) is -3.36.